The summed E-state index contributed by atoms with van der Waals surface area (Å²) < 4.78 is 48.3. The first kappa shape index (κ1) is 34.5. The molecule has 0 spiro atoms. The van der Waals surface area contributed by atoms with E-state index >= 15 is 0 Å². The Bertz CT molecular complexity index is 1000. The van der Waals surface area contributed by atoms with Crippen molar-refractivity contribution in [1.29, 1.82) is 0 Å². The molecule has 2 aromatic rings. The van der Waals surface area contributed by atoms with E-state index in [9.17, 15) is 18.3 Å². The second-order valence-corrected chi connectivity index (χ2v) is 11.6. The lowest BCUT2D eigenvalue weighted by atomic mass is 9.92. The molecule has 0 radical (unpaired) electrons. The molecule has 2 unspecified atom stereocenters. The summed E-state index contributed by atoms with van der Waals surface area (Å²) in [6, 6.07) is 12.8. The van der Waals surface area contributed by atoms with E-state index in [-0.39, 0.29) is 13.0 Å². The predicted octanol–water partition coefficient (Wildman–Crippen LogP) is 7.70. The van der Waals surface area contributed by atoms with Crippen molar-refractivity contribution in [2.45, 2.75) is 109 Å². The van der Waals surface area contributed by atoms with Crippen molar-refractivity contribution in [3.05, 3.63) is 64.2 Å². The Morgan fingerprint density at radius 1 is 0.825 bits per heavy atom. The second kappa shape index (κ2) is 18.0. The van der Waals surface area contributed by atoms with Crippen LogP contribution in [0.2, 0.25) is 0 Å². The molecule has 8 heteroatoms. The normalized spacial score (nSPS) is 13.5. The number of unbranched alkanes of at least 4 members (excludes halogenated alkanes) is 6. The number of aliphatic hydroxyl groups is 1. The molecule has 0 saturated heterocycles. The molecule has 0 aliphatic carbocycles. The van der Waals surface area contributed by atoms with Gasteiger partial charge in [0.25, 0.3) is 0 Å². The summed E-state index contributed by atoms with van der Waals surface area (Å²) in [5.41, 5.74) is 11.9. The maximum Gasteiger partial charge on any atom is 0.389 e. The summed E-state index contributed by atoms with van der Waals surface area (Å²) in [6.45, 7) is 5.14. The maximum absolute atomic E-state index is 12.3. The molecule has 4 nitrogen and oxygen atoms in total. The fraction of sp³-hybridized carbons (Fsp3) is 0.625. The van der Waals surface area contributed by atoms with Crippen LogP contribution in [-0.2, 0) is 23.8 Å². The number of nitrogens with two attached hydrogens (primary N) is 1. The number of ether oxygens (including phenoxy) is 1. The third-order valence-corrected chi connectivity index (χ3v) is 7.92. The molecule has 0 amide bonds. The summed E-state index contributed by atoms with van der Waals surface area (Å²) in [4.78, 5) is 0. The van der Waals surface area contributed by atoms with Crippen molar-refractivity contribution in [2.75, 3.05) is 19.8 Å². The molecule has 2 atom stereocenters. The van der Waals surface area contributed by atoms with Crippen LogP contribution in [0.5, 0.6) is 5.75 Å². The largest absolute Gasteiger partial charge is 0.493 e. The minimum absolute atomic E-state index is 0.129. The molecule has 0 aromatic heterocycles. The van der Waals surface area contributed by atoms with Crippen LogP contribution >= 0.6 is 9.47 Å². The molecule has 0 aliphatic heterocycles. The van der Waals surface area contributed by atoms with E-state index in [0.717, 1.165) is 69.1 Å². The van der Waals surface area contributed by atoms with Gasteiger partial charge in [-0.2, -0.15) is 13.2 Å². The van der Waals surface area contributed by atoms with Crippen LogP contribution in [0.3, 0.4) is 0 Å². The molecule has 0 bridgehead atoms. The maximum atomic E-state index is 12.3. The highest BCUT2D eigenvalue weighted by Crippen LogP contribution is 2.26. The highest BCUT2D eigenvalue weighted by molar-refractivity contribution is 7.09. The molecule has 2 aromatic carbocycles. The van der Waals surface area contributed by atoms with E-state index in [4.69, 9.17) is 15.0 Å². The number of aliphatic hydroxyl groups excluding tert-OH is 1. The van der Waals surface area contributed by atoms with Crippen LogP contribution in [0.15, 0.2) is 36.4 Å². The van der Waals surface area contributed by atoms with Crippen molar-refractivity contribution >= 4 is 9.47 Å². The Morgan fingerprint density at radius 2 is 1.50 bits per heavy atom. The van der Waals surface area contributed by atoms with Gasteiger partial charge in [0.05, 0.1) is 18.8 Å². The standard InChI is InChI=1S/C32H50F3NO3P/c1-25-12-10-14-28(26(25)2)15-11-21-38-30-17-16-27(18-20-31(36,23-37)24-39-40)22-29(30)13-8-6-4-3-5-7-9-19-32(33,34)35/h10,12,14,16-17,22,37H,3-9,11,13,15,18-21,23-24,36H2,1-2,40H3/q+1. The zero-order valence-corrected chi connectivity index (χ0v) is 25.9. The third-order valence-electron chi connectivity index (χ3n) is 7.71. The minimum Gasteiger partial charge on any atom is -0.493 e. The third kappa shape index (κ3) is 13.3. The van der Waals surface area contributed by atoms with Crippen LogP contribution in [-0.4, -0.2) is 36.6 Å². The van der Waals surface area contributed by atoms with Crippen LogP contribution in [0, 0.1) is 13.8 Å². The topological polar surface area (TPSA) is 64.7 Å². The van der Waals surface area contributed by atoms with Gasteiger partial charge in [0.15, 0.2) is 0 Å². The van der Waals surface area contributed by atoms with Crippen LogP contribution in [0.1, 0.15) is 92.0 Å². The van der Waals surface area contributed by atoms with E-state index in [1.165, 1.54) is 31.7 Å². The lowest BCUT2D eigenvalue weighted by molar-refractivity contribution is -0.135. The van der Waals surface area contributed by atoms with Gasteiger partial charge in [0, 0.05) is 6.42 Å². The first-order valence-corrected chi connectivity index (χ1v) is 15.3. The number of aryl methyl sites for hydroxylation is 4. The number of hydrogen-bond acceptors (Lipinski definition) is 4. The molecule has 40 heavy (non-hydrogen) atoms. The minimum atomic E-state index is -4.04. The molecule has 0 aliphatic rings. The van der Waals surface area contributed by atoms with Gasteiger partial charge in [-0.05, 0) is 92.7 Å². The molecule has 3 N–H and O–H groups in total. The van der Waals surface area contributed by atoms with Crippen molar-refractivity contribution in [2.24, 2.45) is 5.73 Å². The Balaban J connectivity index is 1.90. The van der Waals surface area contributed by atoms with E-state index in [0.29, 0.717) is 26.1 Å². The van der Waals surface area contributed by atoms with Crippen molar-refractivity contribution < 1.29 is 27.5 Å². The average molecular weight is 585 g/mol. The zero-order valence-electron chi connectivity index (χ0n) is 24.5. The SMILES string of the molecule is Cc1cccc(CCCOc2ccc(CCC(N)(CO)CO[PH3+])cc2CCCCCCCCCC(F)(F)F)c1C. The summed E-state index contributed by atoms with van der Waals surface area (Å²) in [5.74, 6) is 0.913. The molecule has 0 saturated carbocycles. The lowest BCUT2D eigenvalue weighted by Gasteiger charge is -2.25. The number of halogens is 3. The van der Waals surface area contributed by atoms with Crippen molar-refractivity contribution in [3.8, 4) is 5.75 Å². The second-order valence-electron chi connectivity index (χ2n) is 11.2. The Kier molecular flexibility index (Phi) is 15.5. The van der Waals surface area contributed by atoms with Crippen molar-refractivity contribution in [1.82, 2.24) is 0 Å². The molecule has 226 valence electrons. The van der Waals surface area contributed by atoms with Gasteiger partial charge in [0.2, 0.25) is 0 Å². The Morgan fingerprint density at radius 3 is 2.17 bits per heavy atom. The van der Waals surface area contributed by atoms with Gasteiger partial charge in [-0.15, -0.1) is 0 Å². The molecule has 0 fully saturated rings. The average Bonchev–Trinajstić information content (AvgIpc) is 2.91. The van der Waals surface area contributed by atoms with Crippen LogP contribution < -0.4 is 10.5 Å². The van der Waals surface area contributed by atoms with E-state index in [1.807, 2.05) is 0 Å². The van der Waals surface area contributed by atoms with Gasteiger partial charge in [0.1, 0.15) is 21.8 Å². The van der Waals surface area contributed by atoms with Gasteiger partial charge in [-0.3, -0.25) is 0 Å². The first-order valence-electron chi connectivity index (χ1n) is 14.7. The van der Waals surface area contributed by atoms with Crippen LogP contribution in [0.25, 0.3) is 0 Å². The summed E-state index contributed by atoms with van der Waals surface area (Å²) in [7, 11) is 1.39. The fourth-order valence-corrected chi connectivity index (χ4v) is 5.38. The van der Waals surface area contributed by atoms with Gasteiger partial charge in [-0.1, -0.05) is 62.4 Å². The van der Waals surface area contributed by atoms with Crippen LogP contribution in [0.4, 0.5) is 13.2 Å². The van der Waals surface area contributed by atoms with Gasteiger partial charge < -0.3 is 15.6 Å². The highest BCUT2D eigenvalue weighted by atomic mass is 31.0. The summed E-state index contributed by atoms with van der Waals surface area (Å²) >= 11 is 0. The van der Waals surface area contributed by atoms with Crippen molar-refractivity contribution in [3.63, 3.8) is 0 Å². The summed E-state index contributed by atoms with van der Waals surface area (Å²) in [6.07, 6.45) is 5.21. The van der Waals surface area contributed by atoms with Gasteiger partial charge >= 0.3 is 6.18 Å². The Hall–Kier alpha value is -1.66. The number of hydrogen-bond donors (Lipinski definition) is 2. The summed E-state index contributed by atoms with van der Waals surface area (Å²) in [5, 5.41) is 9.73. The quantitative estimate of drug-likeness (QED) is 0.124. The van der Waals surface area contributed by atoms with E-state index in [1.54, 1.807) is 0 Å². The van der Waals surface area contributed by atoms with Gasteiger partial charge in [-0.25, -0.2) is 4.52 Å². The lowest BCUT2D eigenvalue weighted by Crippen LogP contribution is -2.47. The number of alkyl halides is 3. The van der Waals surface area contributed by atoms with E-state index < -0.39 is 18.1 Å². The molecular formula is C32H50F3NO3P+. The fourth-order valence-electron chi connectivity index (χ4n) is 4.97. The number of rotatable bonds is 20. The molecule has 2 rings (SSSR count). The highest BCUT2D eigenvalue weighted by Gasteiger charge is 2.26. The van der Waals surface area contributed by atoms with E-state index in [2.05, 4.69) is 50.2 Å². The first-order chi connectivity index (χ1) is 19.1. The molecule has 0 heterocycles. The predicted molar refractivity (Wildman–Crippen MR) is 162 cm³/mol. The number of benzene rings is 2. The molecular weight excluding hydrogens is 534 g/mol. The zero-order chi connectivity index (χ0) is 29.4. The smallest absolute Gasteiger partial charge is 0.389 e. The monoisotopic (exact) mass is 584 g/mol. The Labute approximate surface area is 241 Å².